The van der Waals surface area contributed by atoms with Gasteiger partial charge in [0.2, 0.25) is 10.0 Å². The Hall–Kier alpha value is -1.54. The summed E-state index contributed by atoms with van der Waals surface area (Å²) in [6.07, 6.45) is -3.46. The summed E-state index contributed by atoms with van der Waals surface area (Å²) in [6.45, 7) is 3.37. The van der Waals surface area contributed by atoms with Crippen LogP contribution in [0.15, 0.2) is 41.8 Å². The molecule has 1 N–H and O–H groups in total. The molecule has 0 aliphatic carbocycles. The summed E-state index contributed by atoms with van der Waals surface area (Å²) >= 11 is 0. The largest absolute Gasteiger partial charge is 0.573 e. The van der Waals surface area contributed by atoms with Gasteiger partial charge in [0.05, 0.1) is 4.90 Å². The highest BCUT2D eigenvalue weighted by molar-refractivity contribution is 7.89. The minimum Gasteiger partial charge on any atom is -0.406 e. The summed E-state index contributed by atoms with van der Waals surface area (Å²) in [7, 11) is -3.74. The molecule has 0 spiro atoms. The van der Waals surface area contributed by atoms with Crippen molar-refractivity contribution in [1.82, 2.24) is 4.72 Å². The summed E-state index contributed by atoms with van der Waals surface area (Å²) < 4.78 is 64.6. The fourth-order valence-electron chi connectivity index (χ4n) is 1.07. The molecular weight excluding hydrogens is 271 g/mol. The second kappa shape index (κ2) is 5.40. The first-order valence-corrected chi connectivity index (χ1v) is 6.19. The Morgan fingerprint density at radius 3 is 2.28 bits per heavy atom. The molecule has 0 aliphatic heterocycles. The van der Waals surface area contributed by atoms with Crippen molar-refractivity contribution in [2.75, 3.05) is 6.54 Å². The number of benzene rings is 1. The first kappa shape index (κ1) is 14.5. The van der Waals surface area contributed by atoms with Crippen molar-refractivity contribution in [2.45, 2.75) is 11.3 Å². The fraction of sp³-hybridized carbons (Fsp3) is 0.200. The average Bonchev–Trinajstić information content (AvgIpc) is 2.25. The van der Waals surface area contributed by atoms with Gasteiger partial charge >= 0.3 is 6.36 Å². The summed E-state index contributed by atoms with van der Waals surface area (Å²) in [5.41, 5.74) is 0. The topological polar surface area (TPSA) is 55.4 Å². The lowest BCUT2D eigenvalue weighted by Crippen LogP contribution is -2.23. The molecule has 0 unspecified atom stereocenters. The van der Waals surface area contributed by atoms with Crippen LogP contribution in [0.2, 0.25) is 0 Å². The van der Waals surface area contributed by atoms with Crippen LogP contribution in [0.1, 0.15) is 0 Å². The third-order valence-electron chi connectivity index (χ3n) is 1.79. The van der Waals surface area contributed by atoms with Crippen LogP contribution in [0, 0.1) is 0 Å². The Kier molecular flexibility index (Phi) is 4.36. The molecule has 0 heterocycles. The van der Waals surface area contributed by atoms with Gasteiger partial charge in [-0.05, 0) is 24.3 Å². The van der Waals surface area contributed by atoms with Crippen molar-refractivity contribution in [3.8, 4) is 5.75 Å². The summed E-state index contributed by atoms with van der Waals surface area (Å²) in [4.78, 5) is -0.154. The van der Waals surface area contributed by atoms with Gasteiger partial charge < -0.3 is 4.74 Å². The summed E-state index contributed by atoms with van der Waals surface area (Å²) in [6, 6.07) is 3.89. The maximum Gasteiger partial charge on any atom is 0.573 e. The van der Waals surface area contributed by atoms with E-state index in [-0.39, 0.29) is 11.4 Å². The van der Waals surface area contributed by atoms with E-state index in [0.717, 1.165) is 24.3 Å². The molecule has 0 atom stereocenters. The second-order valence-electron chi connectivity index (χ2n) is 3.16. The smallest absolute Gasteiger partial charge is 0.406 e. The van der Waals surface area contributed by atoms with E-state index in [1.165, 1.54) is 6.08 Å². The molecule has 1 rings (SSSR count). The van der Waals surface area contributed by atoms with Crippen LogP contribution in [0.5, 0.6) is 5.75 Å². The van der Waals surface area contributed by atoms with Crippen LogP contribution in [0.4, 0.5) is 13.2 Å². The van der Waals surface area contributed by atoms with E-state index in [1.54, 1.807) is 0 Å². The number of hydrogen-bond donors (Lipinski definition) is 1. The molecule has 1 aromatic rings. The van der Waals surface area contributed by atoms with Crippen molar-refractivity contribution in [3.63, 3.8) is 0 Å². The SMILES string of the molecule is C=CCNS(=O)(=O)c1ccc(OC(F)(F)F)cc1. The van der Waals surface area contributed by atoms with Crippen molar-refractivity contribution < 1.29 is 26.3 Å². The lowest BCUT2D eigenvalue weighted by molar-refractivity contribution is -0.274. The van der Waals surface area contributed by atoms with Crippen molar-refractivity contribution in [3.05, 3.63) is 36.9 Å². The Labute approximate surface area is 102 Å². The average molecular weight is 281 g/mol. The number of ether oxygens (including phenoxy) is 1. The van der Waals surface area contributed by atoms with Gasteiger partial charge in [-0.2, -0.15) is 0 Å². The van der Waals surface area contributed by atoms with E-state index in [4.69, 9.17) is 0 Å². The minimum atomic E-state index is -4.80. The van der Waals surface area contributed by atoms with Crippen molar-refractivity contribution >= 4 is 10.0 Å². The highest BCUT2D eigenvalue weighted by Crippen LogP contribution is 2.23. The number of nitrogens with one attached hydrogen (secondary N) is 1. The van der Waals surface area contributed by atoms with Crippen LogP contribution in [0.3, 0.4) is 0 Å². The molecule has 100 valence electrons. The van der Waals surface area contributed by atoms with Gasteiger partial charge in [0.1, 0.15) is 5.75 Å². The fourth-order valence-corrected chi connectivity index (χ4v) is 2.07. The molecule has 0 saturated heterocycles. The molecule has 0 fully saturated rings. The maximum absolute atomic E-state index is 11.9. The number of halogens is 3. The molecule has 0 aromatic heterocycles. The lowest BCUT2D eigenvalue weighted by atomic mass is 10.3. The van der Waals surface area contributed by atoms with Crippen LogP contribution in [-0.4, -0.2) is 21.3 Å². The quantitative estimate of drug-likeness (QED) is 0.840. The van der Waals surface area contributed by atoms with Gasteiger partial charge in [-0.3, -0.25) is 0 Å². The first-order chi connectivity index (χ1) is 8.24. The number of alkyl halides is 3. The van der Waals surface area contributed by atoms with Crippen molar-refractivity contribution in [1.29, 1.82) is 0 Å². The first-order valence-electron chi connectivity index (χ1n) is 4.71. The van der Waals surface area contributed by atoms with Crippen LogP contribution in [0.25, 0.3) is 0 Å². The minimum absolute atomic E-state index is 0.0309. The van der Waals surface area contributed by atoms with Gasteiger partial charge in [-0.15, -0.1) is 19.8 Å². The van der Waals surface area contributed by atoms with Crippen molar-refractivity contribution in [2.24, 2.45) is 0 Å². The Morgan fingerprint density at radius 2 is 1.83 bits per heavy atom. The Bertz CT molecular complexity index is 508. The lowest BCUT2D eigenvalue weighted by Gasteiger charge is -2.09. The summed E-state index contributed by atoms with van der Waals surface area (Å²) in [5.74, 6) is -0.481. The molecule has 0 aliphatic rings. The number of hydrogen-bond acceptors (Lipinski definition) is 3. The van der Waals surface area contributed by atoms with E-state index in [1.807, 2.05) is 0 Å². The van der Waals surface area contributed by atoms with E-state index in [2.05, 4.69) is 16.0 Å². The molecule has 8 heteroatoms. The van der Waals surface area contributed by atoms with E-state index in [0.29, 0.717) is 0 Å². The predicted molar refractivity (Wildman–Crippen MR) is 58.5 cm³/mol. The van der Waals surface area contributed by atoms with Crippen LogP contribution < -0.4 is 9.46 Å². The third-order valence-corrected chi connectivity index (χ3v) is 3.22. The second-order valence-corrected chi connectivity index (χ2v) is 4.93. The molecule has 0 amide bonds. The standard InChI is InChI=1S/C10H10F3NO3S/c1-2-7-14-18(15,16)9-5-3-8(4-6-9)17-10(11,12)13/h2-6,14H,1,7H2. The van der Waals surface area contributed by atoms with Gasteiger partial charge in [0.15, 0.2) is 0 Å². The molecular formula is C10H10F3NO3S. The van der Waals surface area contributed by atoms with Gasteiger partial charge in [0, 0.05) is 6.54 Å². The molecule has 0 bridgehead atoms. The highest BCUT2D eigenvalue weighted by atomic mass is 32.2. The molecule has 0 saturated carbocycles. The third kappa shape index (κ3) is 4.38. The molecule has 18 heavy (non-hydrogen) atoms. The van der Waals surface area contributed by atoms with Gasteiger partial charge in [-0.25, -0.2) is 13.1 Å². The summed E-state index contributed by atoms with van der Waals surface area (Å²) in [5, 5.41) is 0. The molecule has 1 aromatic carbocycles. The normalized spacial score (nSPS) is 12.2. The zero-order chi connectivity index (χ0) is 13.8. The van der Waals surface area contributed by atoms with E-state index in [9.17, 15) is 21.6 Å². The maximum atomic E-state index is 11.9. The molecule has 0 radical (unpaired) electrons. The predicted octanol–water partition coefficient (Wildman–Crippen LogP) is 2.05. The van der Waals surface area contributed by atoms with E-state index < -0.39 is 22.1 Å². The van der Waals surface area contributed by atoms with Gasteiger partial charge in [-0.1, -0.05) is 6.08 Å². The highest BCUT2D eigenvalue weighted by Gasteiger charge is 2.31. The Balaban J connectivity index is 2.86. The monoisotopic (exact) mass is 281 g/mol. The van der Waals surface area contributed by atoms with Crippen LogP contribution in [-0.2, 0) is 10.0 Å². The zero-order valence-electron chi connectivity index (χ0n) is 9.07. The zero-order valence-corrected chi connectivity index (χ0v) is 9.88. The van der Waals surface area contributed by atoms with Gasteiger partial charge in [0.25, 0.3) is 0 Å². The Morgan fingerprint density at radius 1 is 1.28 bits per heavy atom. The van der Waals surface area contributed by atoms with E-state index >= 15 is 0 Å². The molecule has 4 nitrogen and oxygen atoms in total. The number of sulfonamides is 1. The van der Waals surface area contributed by atoms with Crippen LogP contribution >= 0.6 is 0 Å². The number of rotatable bonds is 5.